The molecular formula is C11H10N2O3. The molecule has 82 valence electrons. The van der Waals surface area contributed by atoms with Gasteiger partial charge in [-0.25, -0.2) is 9.69 Å². The van der Waals surface area contributed by atoms with Crippen LogP contribution in [0.2, 0.25) is 0 Å². The highest BCUT2D eigenvalue weighted by atomic mass is 16.5. The first-order valence-electron chi connectivity index (χ1n) is 4.62. The second-order valence-corrected chi connectivity index (χ2v) is 3.25. The van der Waals surface area contributed by atoms with Gasteiger partial charge in [0.05, 0.1) is 12.8 Å². The van der Waals surface area contributed by atoms with E-state index in [4.69, 9.17) is 4.74 Å². The van der Waals surface area contributed by atoms with Crippen LogP contribution in [-0.2, 0) is 4.79 Å². The van der Waals surface area contributed by atoms with Crippen LogP contribution in [0.4, 0.5) is 10.5 Å². The smallest absolute Gasteiger partial charge is 0.333 e. The van der Waals surface area contributed by atoms with E-state index in [2.05, 4.69) is 11.9 Å². The summed E-state index contributed by atoms with van der Waals surface area (Å²) >= 11 is 0. The van der Waals surface area contributed by atoms with Crippen LogP contribution in [-0.4, -0.2) is 19.0 Å². The minimum Gasteiger partial charge on any atom is -0.497 e. The molecule has 5 nitrogen and oxygen atoms in total. The second kappa shape index (κ2) is 3.69. The first-order chi connectivity index (χ1) is 7.63. The summed E-state index contributed by atoms with van der Waals surface area (Å²) in [5.74, 6) is 0.133. The molecule has 0 atom stereocenters. The maximum atomic E-state index is 11.6. The zero-order chi connectivity index (χ0) is 11.7. The van der Waals surface area contributed by atoms with Crippen LogP contribution in [0.25, 0.3) is 0 Å². The summed E-state index contributed by atoms with van der Waals surface area (Å²) in [5, 5.41) is 2.35. The Hall–Kier alpha value is -2.30. The normalized spacial score (nSPS) is 15.3. The van der Waals surface area contributed by atoms with E-state index in [0.717, 1.165) is 4.90 Å². The van der Waals surface area contributed by atoms with Gasteiger partial charge in [0.2, 0.25) is 0 Å². The minimum atomic E-state index is -0.497. The Balaban J connectivity index is 2.40. The minimum absolute atomic E-state index is 0.0767. The number of imide groups is 1. The number of methoxy groups -OCH3 is 1. The van der Waals surface area contributed by atoms with Crippen molar-refractivity contribution >= 4 is 17.6 Å². The van der Waals surface area contributed by atoms with Crippen molar-refractivity contribution in [3.05, 3.63) is 36.5 Å². The number of amides is 3. The predicted molar refractivity (Wildman–Crippen MR) is 58.2 cm³/mol. The van der Waals surface area contributed by atoms with Gasteiger partial charge in [-0.05, 0) is 12.1 Å². The lowest BCUT2D eigenvalue weighted by Gasteiger charge is -2.12. The van der Waals surface area contributed by atoms with Crippen LogP contribution in [0.3, 0.4) is 0 Å². The highest BCUT2D eigenvalue weighted by molar-refractivity contribution is 6.26. The quantitative estimate of drug-likeness (QED) is 0.600. The lowest BCUT2D eigenvalue weighted by molar-refractivity contribution is -0.113. The molecule has 1 aromatic carbocycles. The van der Waals surface area contributed by atoms with Crippen molar-refractivity contribution in [2.45, 2.75) is 0 Å². The monoisotopic (exact) mass is 218 g/mol. The number of urea groups is 1. The molecule has 1 N–H and O–H groups in total. The third-order valence-electron chi connectivity index (χ3n) is 2.23. The Bertz CT molecular complexity index is 482. The van der Waals surface area contributed by atoms with E-state index in [-0.39, 0.29) is 5.70 Å². The lowest BCUT2D eigenvalue weighted by Crippen LogP contribution is -2.30. The summed E-state index contributed by atoms with van der Waals surface area (Å²) in [6, 6.07) is 6.20. The fourth-order valence-electron chi connectivity index (χ4n) is 1.45. The van der Waals surface area contributed by atoms with Gasteiger partial charge in [0.1, 0.15) is 11.4 Å². The highest BCUT2D eigenvalue weighted by Crippen LogP contribution is 2.24. The standard InChI is InChI=1S/C11H10N2O3/c1-7-10(14)13(11(15)12-7)8-4-3-5-9(6-8)16-2/h3-6H,1H2,2H3,(H,12,15). The fraction of sp³-hybridized carbons (Fsp3) is 0.0909. The Labute approximate surface area is 92.3 Å². The molecular weight excluding hydrogens is 208 g/mol. The van der Waals surface area contributed by atoms with E-state index < -0.39 is 11.9 Å². The number of carbonyl (C=O) groups is 2. The zero-order valence-corrected chi connectivity index (χ0v) is 8.69. The van der Waals surface area contributed by atoms with Gasteiger partial charge in [-0.1, -0.05) is 12.6 Å². The number of anilines is 1. The molecule has 0 unspecified atom stereocenters. The number of rotatable bonds is 2. The largest absolute Gasteiger partial charge is 0.497 e. The van der Waals surface area contributed by atoms with Gasteiger partial charge in [-0.15, -0.1) is 0 Å². The average molecular weight is 218 g/mol. The molecule has 0 bridgehead atoms. The molecule has 1 saturated heterocycles. The molecule has 16 heavy (non-hydrogen) atoms. The Morgan fingerprint density at radius 2 is 2.12 bits per heavy atom. The summed E-state index contributed by atoms with van der Waals surface area (Å²) in [7, 11) is 1.52. The first-order valence-corrected chi connectivity index (χ1v) is 4.62. The fourth-order valence-corrected chi connectivity index (χ4v) is 1.45. The predicted octanol–water partition coefficient (Wildman–Crippen LogP) is 1.27. The molecule has 1 heterocycles. The molecule has 0 radical (unpaired) electrons. The molecule has 1 aliphatic rings. The van der Waals surface area contributed by atoms with Crippen LogP contribution in [0.15, 0.2) is 36.5 Å². The summed E-state index contributed by atoms with van der Waals surface area (Å²) in [5.41, 5.74) is 0.535. The molecule has 0 spiro atoms. The Morgan fingerprint density at radius 3 is 2.69 bits per heavy atom. The van der Waals surface area contributed by atoms with Crippen molar-refractivity contribution in [1.82, 2.24) is 5.32 Å². The highest BCUT2D eigenvalue weighted by Gasteiger charge is 2.33. The van der Waals surface area contributed by atoms with E-state index in [1.165, 1.54) is 7.11 Å². The van der Waals surface area contributed by atoms with Gasteiger partial charge in [-0.3, -0.25) is 4.79 Å². The maximum absolute atomic E-state index is 11.6. The SMILES string of the molecule is C=C1NC(=O)N(c2cccc(OC)c2)C1=O. The molecule has 0 saturated carbocycles. The molecule has 0 aliphatic carbocycles. The second-order valence-electron chi connectivity index (χ2n) is 3.25. The van der Waals surface area contributed by atoms with Crippen LogP contribution in [0.5, 0.6) is 5.75 Å². The molecule has 1 aromatic rings. The third kappa shape index (κ3) is 1.52. The first kappa shape index (κ1) is 10.2. The summed E-state index contributed by atoms with van der Waals surface area (Å²) < 4.78 is 5.02. The molecule has 3 amide bonds. The van der Waals surface area contributed by atoms with Crippen molar-refractivity contribution in [2.24, 2.45) is 0 Å². The maximum Gasteiger partial charge on any atom is 0.333 e. The van der Waals surface area contributed by atoms with E-state index in [1.807, 2.05) is 0 Å². The Morgan fingerprint density at radius 1 is 1.38 bits per heavy atom. The van der Waals surface area contributed by atoms with Gasteiger partial charge in [0, 0.05) is 6.07 Å². The summed E-state index contributed by atoms with van der Waals surface area (Å²) in [6.07, 6.45) is 0. The molecule has 0 aromatic heterocycles. The van der Waals surface area contributed by atoms with E-state index >= 15 is 0 Å². The number of benzene rings is 1. The van der Waals surface area contributed by atoms with Crippen LogP contribution in [0.1, 0.15) is 0 Å². The molecule has 2 rings (SSSR count). The van der Waals surface area contributed by atoms with Gasteiger partial charge < -0.3 is 10.1 Å². The van der Waals surface area contributed by atoms with E-state index in [0.29, 0.717) is 11.4 Å². The summed E-state index contributed by atoms with van der Waals surface area (Å²) in [4.78, 5) is 24.1. The van der Waals surface area contributed by atoms with Gasteiger partial charge in [-0.2, -0.15) is 0 Å². The third-order valence-corrected chi connectivity index (χ3v) is 2.23. The zero-order valence-electron chi connectivity index (χ0n) is 8.69. The van der Waals surface area contributed by atoms with Gasteiger partial charge >= 0.3 is 6.03 Å². The van der Waals surface area contributed by atoms with E-state index in [9.17, 15) is 9.59 Å². The van der Waals surface area contributed by atoms with Gasteiger partial charge in [0.25, 0.3) is 5.91 Å². The lowest BCUT2D eigenvalue weighted by atomic mass is 10.2. The van der Waals surface area contributed by atoms with Crippen LogP contribution in [0, 0.1) is 0 Å². The number of hydrogen-bond donors (Lipinski definition) is 1. The van der Waals surface area contributed by atoms with Crippen molar-refractivity contribution < 1.29 is 14.3 Å². The summed E-state index contributed by atoms with van der Waals surface area (Å²) in [6.45, 7) is 3.45. The number of ether oxygens (including phenoxy) is 1. The topological polar surface area (TPSA) is 58.6 Å². The van der Waals surface area contributed by atoms with Crippen molar-refractivity contribution in [3.63, 3.8) is 0 Å². The van der Waals surface area contributed by atoms with Crippen LogP contribution >= 0.6 is 0 Å². The molecule has 1 aliphatic heterocycles. The average Bonchev–Trinajstić information content (AvgIpc) is 2.53. The van der Waals surface area contributed by atoms with Crippen LogP contribution < -0.4 is 15.0 Å². The number of nitrogens with zero attached hydrogens (tertiary/aromatic N) is 1. The number of nitrogens with one attached hydrogen (secondary N) is 1. The molecule has 1 fully saturated rings. The van der Waals surface area contributed by atoms with E-state index in [1.54, 1.807) is 24.3 Å². The molecule has 5 heteroatoms. The van der Waals surface area contributed by atoms with Crippen molar-refractivity contribution in [1.29, 1.82) is 0 Å². The number of hydrogen-bond acceptors (Lipinski definition) is 3. The van der Waals surface area contributed by atoms with Crippen molar-refractivity contribution in [2.75, 3.05) is 12.0 Å². The Kier molecular flexibility index (Phi) is 2.36. The number of carbonyl (C=O) groups excluding carboxylic acids is 2. The van der Waals surface area contributed by atoms with Crippen molar-refractivity contribution in [3.8, 4) is 5.75 Å². The van der Waals surface area contributed by atoms with Gasteiger partial charge in [0.15, 0.2) is 0 Å².